The van der Waals surface area contributed by atoms with Gasteiger partial charge >= 0.3 is 0 Å². The Morgan fingerprint density at radius 3 is 2.28 bits per heavy atom. The summed E-state index contributed by atoms with van der Waals surface area (Å²) < 4.78 is 1.03. The standard InChI is InChI=1S/C15H16BrNO/c1-15(2,3)14(18)17-13-9-8-12(16)10-6-4-5-7-11(10)13/h4-9H,1-3H3,(H,17,18). The highest BCUT2D eigenvalue weighted by atomic mass is 79.9. The van der Waals surface area contributed by atoms with Crippen molar-refractivity contribution in [1.29, 1.82) is 0 Å². The molecule has 0 aromatic heterocycles. The largest absolute Gasteiger partial charge is 0.325 e. The Bertz CT molecular complexity index is 599. The number of rotatable bonds is 1. The topological polar surface area (TPSA) is 29.1 Å². The number of anilines is 1. The number of hydrogen-bond donors (Lipinski definition) is 1. The van der Waals surface area contributed by atoms with Gasteiger partial charge in [-0.25, -0.2) is 0 Å². The lowest BCUT2D eigenvalue weighted by molar-refractivity contribution is -0.123. The molecule has 1 amide bonds. The second kappa shape index (κ2) is 4.73. The number of hydrogen-bond acceptors (Lipinski definition) is 1. The van der Waals surface area contributed by atoms with Crippen LogP contribution in [0.25, 0.3) is 10.8 Å². The molecule has 0 aliphatic rings. The molecule has 2 rings (SSSR count). The van der Waals surface area contributed by atoms with Gasteiger partial charge in [0.05, 0.1) is 0 Å². The van der Waals surface area contributed by atoms with E-state index in [-0.39, 0.29) is 5.91 Å². The van der Waals surface area contributed by atoms with E-state index >= 15 is 0 Å². The first-order chi connectivity index (χ1) is 8.39. The first-order valence-corrected chi connectivity index (χ1v) is 6.67. The second-order valence-electron chi connectivity index (χ2n) is 5.34. The number of halogens is 1. The van der Waals surface area contributed by atoms with Gasteiger partial charge in [-0.1, -0.05) is 61.0 Å². The zero-order chi connectivity index (χ0) is 13.3. The van der Waals surface area contributed by atoms with E-state index in [1.165, 1.54) is 0 Å². The molecule has 2 aromatic rings. The molecule has 18 heavy (non-hydrogen) atoms. The van der Waals surface area contributed by atoms with Gasteiger partial charge in [0.15, 0.2) is 0 Å². The minimum absolute atomic E-state index is 0.0231. The van der Waals surface area contributed by atoms with Crippen molar-refractivity contribution in [3.8, 4) is 0 Å². The number of amides is 1. The minimum Gasteiger partial charge on any atom is -0.325 e. The molecule has 94 valence electrons. The van der Waals surface area contributed by atoms with Crippen molar-refractivity contribution in [1.82, 2.24) is 0 Å². The van der Waals surface area contributed by atoms with Gasteiger partial charge in [-0.3, -0.25) is 4.79 Å². The van der Waals surface area contributed by atoms with E-state index in [0.29, 0.717) is 0 Å². The lowest BCUT2D eigenvalue weighted by Crippen LogP contribution is -2.27. The van der Waals surface area contributed by atoms with Gasteiger partial charge in [-0.05, 0) is 17.5 Å². The summed E-state index contributed by atoms with van der Waals surface area (Å²) in [7, 11) is 0. The summed E-state index contributed by atoms with van der Waals surface area (Å²) in [5.41, 5.74) is 0.461. The van der Waals surface area contributed by atoms with Crippen molar-refractivity contribution in [2.24, 2.45) is 5.41 Å². The van der Waals surface area contributed by atoms with Gasteiger partial charge in [-0.15, -0.1) is 0 Å². The predicted octanol–water partition coefficient (Wildman–Crippen LogP) is 4.59. The fourth-order valence-electron chi connectivity index (χ4n) is 1.68. The maximum absolute atomic E-state index is 12.0. The lowest BCUT2D eigenvalue weighted by atomic mass is 9.95. The van der Waals surface area contributed by atoms with Crippen LogP contribution in [0.3, 0.4) is 0 Å². The maximum Gasteiger partial charge on any atom is 0.229 e. The molecular formula is C15H16BrNO. The molecule has 0 heterocycles. The molecule has 0 saturated carbocycles. The zero-order valence-corrected chi connectivity index (χ0v) is 12.3. The van der Waals surface area contributed by atoms with Crippen LogP contribution >= 0.6 is 15.9 Å². The molecule has 0 fully saturated rings. The van der Waals surface area contributed by atoms with E-state index in [2.05, 4.69) is 21.2 Å². The van der Waals surface area contributed by atoms with Gasteiger partial charge < -0.3 is 5.32 Å². The summed E-state index contributed by atoms with van der Waals surface area (Å²) in [6.45, 7) is 5.72. The monoisotopic (exact) mass is 305 g/mol. The summed E-state index contributed by atoms with van der Waals surface area (Å²) >= 11 is 3.52. The Morgan fingerprint density at radius 2 is 1.67 bits per heavy atom. The van der Waals surface area contributed by atoms with E-state index in [4.69, 9.17) is 0 Å². The summed E-state index contributed by atoms with van der Waals surface area (Å²) in [4.78, 5) is 12.0. The van der Waals surface area contributed by atoms with Crippen molar-refractivity contribution < 1.29 is 4.79 Å². The van der Waals surface area contributed by atoms with Crippen LogP contribution in [0.15, 0.2) is 40.9 Å². The average Bonchev–Trinajstić information content (AvgIpc) is 2.32. The highest BCUT2D eigenvalue weighted by Gasteiger charge is 2.21. The van der Waals surface area contributed by atoms with Crippen molar-refractivity contribution in [2.75, 3.05) is 5.32 Å². The lowest BCUT2D eigenvalue weighted by Gasteiger charge is -2.18. The third kappa shape index (κ3) is 2.56. The van der Waals surface area contributed by atoms with Crippen LogP contribution in [0, 0.1) is 5.41 Å². The van der Waals surface area contributed by atoms with Crippen LogP contribution in [0.2, 0.25) is 0 Å². The Morgan fingerprint density at radius 1 is 1.06 bits per heavy atom. The summed E-state index contributed by atoms with van der Waals surface area (Å²) in [6, 6.07) is 11.9. The van der Waals surface area contributed by atoms with Gasteiger partial charge in [-0.2, -0.15) is 0 Å². The van der Waals surface area contributed by atoms with Crippen LogP contribution in [0.4, 0.5) is 5.69 Å². The number of benzene rings is 2. The van der Waals surface area contributed by atoms with Gasteiger partial charge in [0, 0.05) is 21.0 Å². The molecule has 0 saturated heterocycles. The maximum atomic E-state index is 12.0. The van der Waals surface area contributed by atoms with Crippen LogP contribution in [-0.4, -0.2) is 5.91 Å². The molecule has 1 N–H and O–H groups in total. The minimum atomic E-state index is -0.395. The number of carbonyl (C=O) groups excluding carboxylic acids is 1. The fraction of sp³-hybridized carbons (Fsp3) is 0.267. The molecule has 2 nitrogen and oxygen atoms in total. The Labute approximate surface area is 116 Å². The predicted molar refractivity (Wildman–Crippen MR) is 79.7 cm³/mol. The van der Waals surface area contributed by atoms with E-state index in [0.717, 1.165) is 20.9 Å². The molecule has 0 radical (unpaired) electrons. The summed E-state index contributed by atoms with van der Waals surface area (Å²) in [5.74, 6) is 0.0231. The molecule has 0 bridgehead atoms. The molecular weight excluding hydrogens is 290 g/mol. The number of fused-ring (bicyclic) bond motifs is 1. The molecule has 0 unspecified atom stereocenters. The third-order valence-electron chi connectivity index (χ3n) is 2.80. The molecule has 2 aromatic carbocycles. The quantitative estimate of drug-likeness (QED) is 0.820. The first-order valence-electron chi connectivity index (χ1n) is 5.88. The smallest absolute Gasteiger partial charge is 0.229 e. The number of carbonyl (C=O) groups is 1. The van der Waals surface area contributed by atoms with E-state index in [1.54, 1.807) is 0 Å². The fourth-order valence-corrected chi connectivity index (χ4v) is 2.16. The van der Waals surface area contributed by atoms with E-state index in [1.807, 2.05) is 57.2 Å². The van der Waals surface area contributed by atoms with Gasteiger partial charge in [0.1, 0.15) is 0 Å². The highest BCUT2D eigenvalue weighted by molar-refractivity contribution is 9.10. The Hall–Kier alpha value is -1.35. The van der Waals surface area contributed by atoms with Crippen molar-refractivity contribution >= 4 is 38.3 Å². The molecule has 3 heteroatoms. The van der Waals surface area contributed by atoms with Crippen molar-refractivity contribution in [2.45, 2.75) is 20.8 Å². The third-order valence-corrected chi connectivity index (χ3v) is 3.49. The van der Waals surface area contributed by atoms with Crippen LogP contribution < -0.4 is 5.32 Å². The van der Waals surface area contributed by atoms with Crippen LogP contribution in [0.1, 0.15) is 20.8 Å². The SMILES string of the molecule is CC(C)(C)C(=O)Nc1ccc(Br)c2ccccc12. The average molecular weight is 306 g/mol. The van der Waals surface area contributed by atoms with Gasteiger partial charge in [0.2, 0.25) is 5.91 Å². The van der Waals surface area contributed by atoms with Crippen LogP contribution in [-0.2, 0) is 4.79 Å². The molecule has 0 aliphatic heterocycles. The molecule has 0 atom stereocenters. The zero-order valence-electron chi connectivity index (χ0n) is 10.8. The highest BCUT2D eigenvalue weighted by Crippen LogP contribution is 2.30. The van der Waals surface area contributed by atoms with Crippen molar-refractivity contribution in [3.63, 3.8) is 0 Å². The van der Waals surface area contributed by atoms with Gasteiger partial charge in [0.25, 0.3) is 0 Å². The molecule has 0 aliphatic carbocycles. The van der Waals surface area contributed by atoms with E-state index < -0.39 is 5.41 Å². The normalized spacial score (nSPS) is 11.6. The van der Waals surface area contributed by atoms with Crippen molar-refractivity contribution in [3.05, 3.63) is 40.9 Å². The summed E-state index contributed by atoms with van der Waals surface area (Å²) in [5, 5.41) is 5.14. The number of nitrogens with one attached hydrogen (secondary N) is 1. The molecule has 0 spiro atoms. The van der Waals surface area contributed by atoms with Crippen LogP contribution in [0.5, 0.6) is 0 Å². The van der Waals surface area contributed by atoms with E-state index in [9.17, 15) is 4.79 Å². The Kier molecular flexibility index (Phi) is 3.44. The second-order valence-corrected chi connectivity index (χ2v) is 6.20. The Balaban J connectivity index is 2.47. The first kappa shape index (κ1) is 13.1. The summed E-state index contributed by atoms with van der Waals surface area (Å²) in [6.07, 6.45) is 0.